The van der Waals surface area contributed by atoms with Gasteiger partial charge in [-0.15, -0.1) is 0 Å². The average molecular weight is 369 g/mol. The van der Waals surface area contributed by atoms with E-state index in [1.165, 1.54) is 22.8 Å². The van der Waals surface area contributed by atoms with Gasteiger partial charge in [-0.3, -0.25) is 0 Å². The summed E-state index contributed by atoms with van der Waals surface area (Å²) in [6.07, 6.45) is 2.70. The third-order valence-corrected chi connectivity index (χ3v) is 5.57. The Labute approximate surface area is 163 Å². The number of hydrogen-bond acceptors (Lipinski definition) is 3. The van der Waals surface area contributed by atoms with Crippen LogP contribution in [0.4, 0.5) is 4.39 Å². The highest BCUT2D eigenvalue weighted by Gasteiger charge is 2.21. The van der Waals surface area contributed by atoms with Gasteiger partial charge in [0.25, 0.3) is 0 Å². The van der Waals surface area contributed by atoms with E-state index in [1.807, 2.05) is 24.3 Å². The first kappa shape index (κ1) is 17.0. The van der Waals surface area contributed by atoms with Crippen molar-refractivity contribution in [2.24, 2.45) is 0 Å². The normalized spacial score (nSPS) is 16.5. The largest absolute Gasteiger partial charge is 0.313 e. The highest BCUT2D eigenvalue weighted by atomic mass is 19.1. The Kier molecular flexibility index (Phi) is 4.34. The van der Waals surface area contributed by atoms with Crippen molar-refractivity contribution in [3.63, 3.8) is 0 Å². The first-order chi connectivity index (χ1) is 13.8. The number of nitrogens with zero attached hydrogens (tertiary/aromatic N) is 2. The summed E-state index contributed by atoms with van der Waals surface area (Å²) in [5, 5.41) is 13.4. The van der Waals surface area contributed by atoms with Gasteiger partial charge in [-0.2, -0.15) is 10.2 Å². The fraction of sp³-hybridized carbons (Fsp3) is 0.167. The van der Waals surface area contributed by atoms with E-state index < -0.39 is 0 Å². The molecule has 0 saturated carbocycles. The summed E-state index contributed by atoms with van der Waals surface area (Å²) >= 11 is 0. The summed E-state index contributed by atoms with van der Waals surface area (Å²) in [5.74, 6) is 0.120. The van der Waals surface area contributed by atoms with Crippen LogP contribution in [-0.2, 0) is 6.54 Å². The van der Waals surface area contributed by atoms with Gasteiger partial charge in [-0.25, -0.2) is 4.39 Å². The Balaban J connectivity index is 1.59. The molecule has 1 aromatic heterocycles. The molecule has 28 heavy (non-hydrogen) atoms. The highest BCUT2D eigenvalue weighted by Crippen LogP contribution is 2.35. The minimum absolute atomic E-state index is 0.166. The van der Waals surface area contributed by atoms with E-state index in [1.54, 1.807) is 12.3 Å². The number of rotatable bonds is 2. The number of nitrogens with one attached hydrogen (secondary N) is 1. The van der Waals surface area contributed by atoms with Gasteiger partial charge < -0.3 is 5.32 Å². The van der Waals surface area contributed by atoms with Crippen LogP contribution in [0.25, 0.3) is 22.0 Å². The minimum Gasteiger partial charge on any atom is -0.313 e. The molecule has 3 nitrogen and oxygen atoms in total. The number of halogens is 1. The van der Waals surface area contributed by atoms with Crippen LogP contribution in [0.15, 0.2) is 72.9 Å². The molecule has 0 spiro atoms. The van der Waals surface area contributed by atoms with Gasteiger partial charge >= 0.3 is 0 Å². The fourth-order valence-corrected chi connectivity index (χ4v) is 4.16. The lowest BCUT2D eigenvalue weighted by molar-refractivity contribution is 0.639. The molecule has 1 unspecified atom stereocenters. The second-order valence-corrected chi connectivity index (χ2v) is 7.26. The molecular formula is C24H20FN3. The van der Waals surface area contributed by atoms with Crippen molar-refractivity contribution >= 4 is 10.8 Å². The van der Waals surface area contributed by atoms with Crippen molar-refractivity contribution in [1.82, 2.24) is 15.5 Å². The summed E-state index contributed by atoms with van der Waals surface area (Å²) in [4.78, 5) is 0. The number of aromatic nitrogens is 2. The molecule has 0 bridgehead atoms. The molecule has 0 fully saturated rings. The van der Waals surface area contributed by atoms with E-state index in [9.17, 15) is 4.39 Å². The Morgan fingerprint density at radius 1 is 0.964 bits per heavy atom. The molecule has 4 heteroatoms. The van der Waals surface area contributed by atoms with Gasteiger partial charge in [-0.1, -0.05) is 42.5 Å². The zero-order chi connectivity index (χ0) is 18.9. The van der Waals surface area contributed by atoms with Gasteiger partial charge in [0.2, 0.25) is 0 Å². The van der Waals surface area contributed by atoms with E-state index in [4.69, 9.17) is 0 Å². The van der Waals surface area contributed by atoms with Gasteiger partial charge in [0.15, 0.2) is 0 Å². The van der Waals surface area contributed by atoms with Gasteiger partial charge in [0.1, 0.15) is 5.82 Å². The van der Waals surface area contributed by atoms with Crippen molar-refractivity contribution in [3.8, 4) is 11.3 Å². The Hall–Kier alpha value is -3.11. The first-order valence-corrected chi connectivity index (χ1v) is 9.59. The highest BCUT2D eigenvalue weighted by molar-refractivity contribution is 5.84. The Morgan fingerprint density at radius 3 is 2.82 bits per heavy atom. The Bertz CT molecular complexity index is 1140. The van der Waals surface area contributed by atoms with Crippen LogP contribution in [0.5, 0.6) is 0 Å². The van der Waals surface area contributed by atoms with E-state index in [0.29, 0.717) is 5.39 Å². The van der Waals surface area contributed by atoms with Crippen molar-refractivity contribution in [3.05, 3.63) is 95.4 Å². The number of fused-ring (bicyclic) bond motifs is 2. The van der Waals surface area contributed by atoms with E-state index in [0.717, 1.165) is 36.2 Å². The predicted octanol–water partition coefficient (Wildman–Crippen LogP) is 5.06. The van der Waals surface area contributed by atoms with Crippen molar-refractivity contribution in [2.45, 2.75) is 18.9 Å². The maximum atomic E-state index is 14.0. The van der Waals surface area contributed by atoms with E-state index in [2.05, 4.69) is 45.8 Å². The summed E-state index contributed by atoms with van der Waals surface area (Å²) in [7, 11) is 0. The van der Waals surface area contributed by atoms with Crippen molar-refractivity contribution in [1.29, 1.82) is 0 Å². The zero-order valence-electron chi connectivity index (χ0n) is 15.4. The smallest absolute Gasteiger partial charge is 0.131 e. The molecule has 5 rings (SSSR count). The standard InChI is InChI=1S/C24H20FN3/c25-23-4-1-3-16-13-17(6-9-22(16)23)21-10-12-26-15-19-14-18(7-8-20(19)21)24-5-2-11-27-28-24/h1-9,11,13-14,21,26H,10,12,15H2. The van der Waals surface area contributed by atoms with E-state index >= 15 is 0 Å². The van der Waals surface area contributed by atoms with Crippen molar-refractivity contribution in [2.75, 3.05) is 6.54 Å². The fourth-order valence-electron chi connectivity index (χ4n) is 4.16. The molecule has 0 radical (unpaired) electrons. The molecule has 0 saturated heterocycles. The molecule has 1 aliphatic rings. The van der Waals surface area contributed by atoms with E-state index in [-0.39, 0.29) is 11.7 Å². The van der Waals surface area contributed by atoms with Crippen LogP contribution in [-0.4, -0.2) is 16.7 Å². The zero-order valence-corrected chi connectivity index (χ0v) is 15.4. The Morgan fingerprint density at radius 2 is 1.93 bits per heavy atom. The lowest BCUT2D eigenvalue weighted by Crippen LogP contribution is -2.12. The monoisotopic (exact) mass is 369 g/mol. The number of benzene rings is 3. The number of hydrogen-bond donors (Lipinski definition) is 1. The quantitative estimate of drug-likeness (QED) is 0.537. The molecule has 1 N–H and O–H groups in total. The van der Waals surface area contributed by atoms with Crippen LogP contribution in [0, 0.1) is 5.82 Å². The third-order valence-electron chi connectivity index (χ3n) is 5.57. The maximum absolute atomic E-state index is 14.0. The minimum atomic E-state index is -0.166. The third kappa shape index (κ3) is 3.06. The topological polar surface area (TPSA) is 37.8 Å². The first-order valence-electron chi connectivity index (χ1n) is 9.59. The van der Waals surface area contributed by atoms with Crippen LogP contribution >= 0.6 is 0 Å². The molecule has 138 valence electrons. The van der Waals surface area contributed by atoms with Gasteiger partial charge in [0, 0.05) is 29.6 Å². The van der Waals surface area contributed by atoms with Crippen LogP contribution in [0.1, 0.15) is 29.0 Å². The molecule has 1 atom stereocenters. The molecule has 3 aromatic carbocycles. The second kappa shape index (κ2) is 7.13. The second-order valence-electron chi connectivity index (χ2n) is 7.26. The lowest BCUT2D eigenvalue weighted by atomic mass is 9.85. The lowest BCUT2D eigenvalue weighted by Gasteiger charge is -2.19. The summed E-state index contributed by atoms with van der Waals surface area (Å²) in [6, 6.07) is 21.8. The molecule has 2 heterocycles. The molecular weight excluding hydrogens is 349 g/mol. The van der Waals surface area contributed by atoms with Gasteiger partial charge in [-0.05, 0) is 59.3 Å². The molecule has 0 aliphatic carbocycles. The molecule has 1 aliphatic heterocycles. The maximum Gasteiger partial charge on any atom is 0.131 e. The molecule has 4 aromatic rings. The summed E-state index contributed by atoms with van der Waals surface area (Å²) in [5.41, 5.74) is 5.80. The average Bonchev–Trinajstić information content (AvgIpc) is 2.96. The summed E-state index contributed by atoms with van der Waals surface area (Å²) < 4.78 is 14.0. The van der Waals surface area contributed by atoms with Gasteiger partial charge in [0.05, 0.1) is 5.69 Å². The van der Waals surface area contributed by atoms with Crippen LogP contribution < -0.4 is 5.32 Å². The predicted molar refractivity (Wildman–Crippen MR) is 110 cm³/mol. The van der Waals surface area contributed by atoms with Crippen LogP contribution in [0.2, 0.25) is 0 Å². The SMILES string of the molecule is Fc1cccc2cc(C3CCNCc4cc(-c5cccnn5)ccc43)ccc12. The van der Waals surface area contributed by atoms with Crippen LogP contribution in [0.3, 0.4) is 0 Å². The summed E-state index contributed by atoms with van der Waals surface area (Å²) in [6.45, 7) is 1.78. The van der Waals surface area contributed by atoms with Crippen molar-refractivity contribution < 1.29 is 4.39 Å². The molecule has 0 amide bonds.